The van der Waals surface area contributed by atoms with Crippen molar-refractivity contribution in [2.75, 3.05) is 14.1 Å². The summed E-state index contributed by atoms with van der Waals surface area (Å²) >= 11 is 0. The van der Waals surface area contributed by atoms with E-state index in [1.54, 1.807) is 19.0 Å². The van der Waals surface area contributed by atoms with Crippen molar-refractivity contribution in [3.05, 3.63) is 11.8 Å². The second-order valence-corrected chi connectivity index (χ2v) is 3.49. The lowest BCUT2D eigenvalue weighted by atomic mass is 10.0. The largest absolute Gasteiger partial charge is 0.454 e. The van der Waals surface area contributed by atoms with Crippen LogP contribution in [0.25, 0.3) is 0 Å². The number of nitrogens with one attached hydrogen (secondary N) is 1. The van der Waals surface area contributed by atoms with Crippen LogP contribution in [0.4, 0.5) is 13.2 Å². The average Bonchev–Trinajstić information content (AvgIpc) is 2.15. The molecule has 0 radical (unpaired) electrons. The van der Waals surface area contributed by atoms with Gasteiger partial charge in [0.25, 0.3) is 5.78 Å². The molecule has 0 fully saturated rings. The third-order valence-electron chi connectivity index (χ3n) is 2.42. The highest BCUT2D eigenvalue weighted by atomic mass is 19.4. The van der Waals surface area contributed by atoms with Gasteiger partial charge >= 0.3 is 6.18 Å². The number of allylic oxidation sites excluding steroid dienone is 1. The summed E-state index contributed by atoms with van der Waals surface area (Å²) < 4.78 is 36.3. The number of nitrogens with zero attached hydrogens (tertiary/aromatic N) is 1. The molecule has 0 aliphatic carbocycles. The Kier molecular flexibility index (Phi) is 3.38. The Morgan fingerprint density at radius 2 is 2.20 bits per heavy atom. The molecule has 3 nitrogen and oxygen atoms in total. The van der Waals surface area contributed by atoms with E-state index in [2.05, 4.69) is 5.32 Å². The van der Waals surface area contributed by atoms with Crippen LogP contribution in [0.2, 0.25) is 0 Å². The second kappa shape index (κ2) is 4.22. The summed E-state index contributed by atoms with van der Waals surface area (Å²) in [5, 5.41) is 2.94. The molecule has 1 unspecified atom stereocenters. The Labute approximate surface area is 85.9 Å². The third-order valence-corrected chi connectivity index (χ3v) is 2.42. The van der Waals surface area contributed by atoms with Crippen molar-refractivity contribution >= 4 is 5.78 Å². The summed E-state index contributed by atoms with van der Waals surface area (Å²) in [5.41, 5.74) is -0.170. The number of hydrogen-bond donors (Lipinski definition) is 1. The molecule has 0 saturated heterocycles. The van der Waals surface area contributed by atoms with Crippen molar-refractivity contribution in [2.24, 2.45) is 0 Å². The average molecular weight is 222 g/mol. The number of halogens is 3. The van der Waals surface area contributed by atoms with E-state index in [9.17, 15) is 18.0 Å². The normalized spacial score (nSPS) is 22.6. The van der Waals surface area contributed by atoms with Crippen molar-refractivity contribution in [2.45, 2.75) is 25.2 Å². The first-order valence-corrected chi connectivity index (χ1v) is 4.57. The van der Waals surface area contributed by atoms with Gasteiger partial charge in [-0.25, -0.2) is 0 Å². The highest BCUT2D eigenvalue weighted by molar-refractivity contribution is 5.99. The first-order chi connectivity index (χ1) is 6.86. The molecule has 15 heavy (non-hydrogen) atoms. The van der Waals surface area contributed by atoms with Crippen LogP contribution in [0.1, 0.15) is 12.8 Å². The number of Topliss-reactive ketones (excluding diaryl/α,β-unsaturated/α-hetero) is 1. The molecule has 1 rings (SSSR count). The van der Waals surface area contributed by atoms with Crippen molar-refractivity contribution in [1.29, 1.82) is 0 Å². The minimum absolute atomic E-state index is 0.00483. The van der Waals surface area contributed by atoms with E-state index in [-0.39, 0.29) is 18.2 Å². The third kappa shape index (κ3) is 2.71. The predicted octanol–water partition coefficient (Wildman–Crippen LogP) is 1.27. The minimum Gasteiger partial charge on any atom is -0.365 e. The molecule has 1 heterocycles. The van der Waals surface area contributed by atoms with Crippen molar-refractivity contribution < 1.29 is 18.0 Å². The van der Waals surface area contributed by atoms with Crippen LogP contribution in [0, 0.1) is 0 Å². The quantitative estimate of drug-likeness (QED) is 0.763. The Hall–Kier alpha value is -1.04. The van der Waals surface area contributed by atoms with Crippen LogP contribution >= 0.6 is 0 Å². The van der Waals surface area contributed by atoms with Crippen LogP contribution in [-0.4, -0.2) is 37.1 Å². The van der Waals surface area contributed by atoms with Gasteiger partial charge in [0.1, 0.15) is 0 Å². The number of ketones is 1. The summed E-state index contributed by atoms with van der Waals surface area (Å²) in [6.45, 7) is 0. The zero-order valence-electron chi connectivity index (χ0n) is 8.56. The van der Waals surface area contributed by atoms with E-state index >= 15 is 0 Å². The van der Waals surface area contributed by atoms with Gasteiger partial charge in [0.2, 0.25) is 0 Å². The smallest absolute Gasteiger partial charge is 0.365 e. The van der Waals surface area contributed by atoms with Crippen LogP contribution in [-0.2, 0) is 4.79 Å². The fourth-order valence-corrected chi connectivity index (χ4v) is 1.60. The number of hydrogen-bond acceptors (Lipinski definition) is 3. The van der Waals surface area contributed by atoms with E-state index in [1.165, 1.54) is 6.20 Å². The van der Waals surface area contributed by atoms with Crippen molar-refractivity contribution in [3.63, 3.8) is 0 Å². The lowest BCUT2D eigenvalue weighted by molar-refractivity contribution is -0.167. The maximum Gasteiger partial charge on any atom is 0.454 e. The molecule has 86 valence electrons. The Balaban J connectivity index is 2.78. The van der Waals surface area contributed by atoms with E-state index in [4.69, 9.17) is 0 Å². The molecule has 6 heteroatoms. The van der Waals surface area contributed by atoms with Crippen molar-refractivity contribution in [3.8, 4) is 0 Å². The zero-order chi connectivity index (χ0) is 11.6. The van der Waals surface area contributed by atoms with Gasteiger partial charge in [0.05, 0.1) is 6.17 Å². The van der Waals surface area contributed by atoms with Gasteiger partial charge in [-0.2, -0.15) is 13.2 Å². The zero-order valence-corrected chi connectivity index (χ0v) is 8.56. The van der Waals surface area contributed by atoms with Gasteiger partial charge in [-0.1, -0.05) is 0 Å². The van der Waals surface area contributed by atoms with Crippen LogP contribution in [0.5, 0.6) is 0 Å². The van der Waals surface area contributed by atoms with Crippen molar-refractivity contribution in [1.82, 2.24) is 10.2 Å². The molecule has 0 aromatic carbocycles. The standard InChI is InChI=1S/C9H13F3N2O/c1-13-7-4-3-6(5-14(7)2)8(15)9(10,11)12/h5,7,13H,3-4H2,1-2H3. The minimum atomic E-state index is -4.76. The van der Waals surface area contributed by atoms with Gasteiger partial charge in [0.15, 0.2) is 0 Å². The monoisotopic (exact) mass is 222 g/mol. The van der Waals surface area contributed by atoms with Gasteiger partial charge < -0.3 is 10.2 Å². The van der Waals surface area contributed by atoms with E-state index in [0.29, 0.717) is 6.42 Å². The van der Waals surface area contributed by atoms with Crippen LogP contribution in [0.3, 0.4) is 0 Å². The maximum absolute atomic E-state index is 12.1. The molecule has 0 bridgehead atoms. The predicted molar refractivity (Wildman–Crippen MR) is 49.0 cm³/mol. The molecule has 0 saturated carbocycles. The molecule has 1 aliphatic rings. The molecule has 0 aromatic rings. The topological polar surface area (TPSA) is 32.3 Å². The summed E-state index contributed by atoms with van der Waals surface area (Å²) in [5.74, 6) is -1.73. The molecule has 0 amide bonds. The molecule has 0 spiro atoms. The lowest BCUT2D eigenvalue weighted by Crippen LogP contribution is -2.42. The maximum atomic E-state index is 12.1. The lowest BCUT2D eigenvalue weighted by Gasteiger charge is -2.31. The fraction of sp³-hybridized carbons (Fsp3) is 0.667. The Morgan fingerprint density at radius 1 is 1.60 bits per heavy atom. The number of carbonyl (C=O) groups is 1. The summed E-state index contributed by atoms with van der Waals surface area (Å²) in [6, 6.07) is 0. The van der Waals surface area contributed by atoms with Gasteiger partial charge in [0, 0.05) is 18.8 Å². The highest BCUT2D eigenvalue weighted by Gasteiger charge is 2.41. The number of alkyl halides is 3. The Morgan fingerprint density at radius 3 is 2.60 bits per heavy atom. The molecular weight excluding hydrogens is 209 g/mol. The molecular formula is C9H13F3N2O. The fourth-order valence-electron chi connectivity index (χ4n) is 1.60. The molecule has 1 aliphatic heterocycles. The van der Waals surface area contributed by atoms with Crippen LogP contribution in [0.15, 0.2) is 11.8 Å². The van der Waals surface area contributed by atoms with Gasteiger partial charge in [-0.3, -0.25) is 4.79 Å². The first-order valence-electron chi connectivity index (χ1n) is 4.57. The second-order valence-electron chi connectivity index (χ2n) is 3.49. The SMILES string of the molecule is CNC1CCC(C(=O)C(F)(F)F)=CN1C. The number of rotatable bonds is 2. The van der Waals surface area contributed by atoms with Gasteiger partial charge in [-0.05, 0) is 19.9 Å². The number of carbonyl (C=O) groups excluding carboxylic acids is 1. The summed E-state index contributed by atoms with van der Waals surface area (Å²) in [7, 11) is 3.37. The Bertz CT molecular complexity index is 286. The van der Waals surface area contributed by atoms with Crippen LogP contribution < -0.4 is 5.32 Å². The first kappa shape index (κ1) is 12.0. The molecule has 1 N–H and O–H groups in total. The molecule has 1 atom stereocenters. The molecule has 0 aromatic heterocycles. The van der Waals surface area contributed by atoms with E-state index in [0.717, 1.165) is 0 Å². The highest BCUT2D eigenvalue weighted by Crippen LogP contribution is 2.26. The summed E-state index contributed by atoms with van der Waals surface area (Å²) in [4.78, 5) is 12.5. The van der Waals surface area contributed by atoms with E-state index < -0.39 is 12.0 Å². The van der Waals surface area contributed by atoms with Gasteiger partial charge in [-0.15, -0.1) is 0 Å². The summed E-state index contributed by atoms with van der Waals surface area (Å²) in [6.07, 6.45) is -2.84. The van der Waals surface area contributed by atoms with E-state index in [1.807, 2.05) is 0 Å².